The third-order valence-corrected chi connectivity index (χ3v) is 4.84. The first-order valence-electron chi connectivity index (χ1n) is 9.68. The van der Waals surface area contributed by atoms with Gasteiger partial charge >= 0.3 is 5.97 Å². The molecule has 0 aromatic heterocycles. The molecule has 1 aliphatic heterocycles. The van der Waals surface area contributed by atoms with Crippen LogP contribution in [-0.2, 0) is 20.9 Å². The van der Waals surface area contributed by atoms with Crippen LogP contribution < -0.4 is 10.5 Å². The Hall–Kier alpha value is -3.72. The summed E-state index contributed by atoms with van der Waals surface area (Å²) in [7, 11) is 0. The highest BCUT2D eigenvalue weighted by Gasteiger charge is 2.36. The van der Waals surface area contributed by atoms with Crippen LogP contribution in [0.1, 0.15) is 36.5 Å². The van der Waals surface area contributed by atoms with Crippen LogP contribution in [0.4, 0.5) is 0 Å². The lowest BCUT2D eigenvalue weighted by atomic mass is 9.83. The van der Waals surface area contributed by atoms with Gasteiger partial charge in [-0.15, -0.1) is 0 Å². The average molecular weight is 404 g/mol. The number of nitrogens with zero attached hydrogens (tertiary/aromatic N) is 1. The van der Waals surface area contributed by atoms with Gasteiger partial charge in [0.25, 0.3) is 0 Å². The fourth-order valence-corrected chi connectivity index (χ4v) is 3.30. The zero-order chi connectivity index (χ0) is 21.7. The summed E-state index contributed by atoms with van der Waals surface area (Å²) in [5.41, 5.74) is 9.36. The zero-order valence-electron chi connectivity index (χ0n) is 17.3. The first-order chi connectivity index (χ1) is 14.4. The second-order valence-electron chi connectivity index (χ2n) is 6.96. The highest BCUT2D eigenvalue weighted by Crippen LogP contribution is 2.40. The molecule has 0 saturated carbocycles. The van der Waals surface area contributed by atoms with Crippen LogP contribution in [-0.4, -0.2) is 12.6 Å². The molecule has 1 heterocycles. The van der Waals surface area contributed by atoms with Gasteiger partial charge in [-0.2, -0.15) is 5.26 Å². The molecule has 154 valence electrons. The number of aryl methyl sites for hydroxylation is 1. The molecular formula is C24H24N2O4. The van der Waals surface area contributed by atoms with Crippen molar-refractivity contribution in [1.29, 1.82) is 5.26 Å². The minimum Gasteiger partial charge on any atom is -0.489 e. The smallest absolute Gasteiger partial charge is 0.338 e. The SMILES string of the molecule is CCOC(=O)C1=C(C)OC(N)=C(C#N)C1c1ccc(OCc2ccc(C)cc2)cc1. The van der Waals surface area contributed by atoms with Crippen LogP contribution in [0.3, 0.4) is 0 Å². The molecule has 2 aromatic carbocycles. The number of nitriles is 1. The molecule has 0 radical (unpaired) electrons. The second kappa shape index (κ2) is 9.19. The fraction of sp³-hybridized carbons (Fsp3) is 0.250. The number of benzene rings is 2. The lowest BCUT2D eigenvalue weighted by Gasteiger charge is -2.26. The fourth-order valence-electron chi connectivity index (χ4n) is 3.30. The molecule has 3 rings (SSSR count). The maximum Gasteiger partial charge on any atom is 0.338 e. The number of esters is 1. The van der Waals surface area contributed by atoms with E-state index in [2.05, 4.69) is 6.07 Å². The maximum atomic E-state index is 12.6. The summed E-state index contributed by atoms with van der Waals surface area (Å²) in [6, 6.07) is 17.5. The quantitative estimate of drug-likeness (QED) is 0.725. The molecule has 0 fully saturated rings. The van der Waals surface area contributed by atoms with Gasteiger partial charge in [0.1, 0.15) is 29.8 Å². The Balaban J connectivity index is 1.85. The lowest BCUT2D eigenvalue weighted by Crippen LogP contribution is -2.25. The van der Waals surface area contributed by atoms with E-state index in [1.165, 1.54) is 5.56 Å². The third kappa shape index (κ3) is 4.47. The van der Waals surface area contributed by atoms with Gasteiger partial charge in [0.05, 0.1) is 18.1 Å². The number of ether oxygens (including phenoxy) is 3. The van der Waals surface area contributed by atoms with Crippen molar-refractivity contribution in [2.24, 2.45) is 5.73 Å². The molecular weight excluding hydrogens is 380 g/mol. The Labute approximate surface area is 176 Å². The van der Waals surface area contributed by atoms with Crippen LogP contribution in [0.15, 0.2) is 71.3 Å². The van der Waals surface area contributed by atoms with E-state index >= 15 is 0 Å². The molecule has 6 heteroatoms. The Morgan fingerprint density at radius 1 is 1.13 bits per heavy atom. The van der Waals surface area contributed by atoms with E-state index in [9.17, 15) is 10.1 Å². The van der Waals surface area contributed by atoms with E-state index in [4.69, 9.17) is 19.9 Å². The molecule has 2 N–H and O–H groups in total. The number of carbonyl (C=O) groups is 1. The van der Waals surface area contributed by atoms with Gasteiger partial charge in [-0.25, -0.2) is 4.79 Å². The van der Waals surface area contributed by atoms with Crippen LogP contribution in [0.25, 0.3) is 0 Å². The van der Waals surface area contributed by atoms with Crippen molar-refractivity contribution in [2.45, 2.75) is 33.3 Å². The molecule has 2 aromatic rings. The number of allylic oxidation sites excluding steroid dienone is 2. The summed E-state index contributed by atoms with van der Waals surface area (Å²) >= 11 is 0. The monoisotopic (exact) mass is 404 g/mol. The highest BCUT2D eigenvalue weighted by atomic mass is 16.5. The number of carbonyl (C=O) groups excluding carboxylic acids is 1. The van der Waals surface area contributed by atoms with Crippen LogP contribution >= 0.6 is 0 Å². The van der Waals surface area contributed by atoms with Crippen LogP contribution in [0.5, 0.6) is 5.75 Å². The lowest BCUT2D eigenvalue weighted by molar-refractivity contribution is -0.139. The molecule has 1 unspecified atom stereocenters. The van der Waals surface area contributed by atoms with E-state index in [-0.39, 0.29) is 23.6 Å². The summed E-state index contributed by atoms with van der Waals surface area (Å²) in [6.07, 6.45) is 0. The van der Waals surface area contributed by atoms with Gasteiger partial charge in [-0.05, 0) is 44.0 Å². The van der Waals surface area contributed by atoms with E-state index in [1.54, 1.807) is 13.8 Å². The topological polar surface area (TPSA) is 94.6 Å². The summed E-state index contributed by atoms with van der Waals surface area (Å²) in [5, 5.41) is 9.63. The number of rotatable bonds is 6. The molecule has 6 nitrogen and oxygen atoms in total. The standard InChI is InChI=1S/C24H24N2O4/c1-4-28-24(27)21-16(3)30-23(26)20(13-25)22(21)18-9-11-19(12-10-18)29-14-17-7-5-15(2)6-8-17/h5-12,22H,4,14,26H2,1-3H3. The van der Waals surface area contributed by atoms with E-state index in [0.29, 0.717) is 18.1 Å². The van der Waals surface area contributed by atoms with Gasteiger partial charge < -0.3 is 19.9 Å². The molecule has 0 amide bonds. The van der Waals surface area contributed by atoms with Crippen molar-refractivity contribution in [3.8, 4) is 11.8 Å². The number of nitrogens with two attached hydrogens (primary N) is 1. The first kappa shape index (κ1) is 21.0. The van der Waals surface area contributed by atoms with Crippen molar-refractivity contribution in [3.63, 3.8) is 0 Å². The van der Waals surface area contributed by atoms with Gasteiger partial charge in [0, 0.05) is 0 Å². The Morgan fingerprint density at radius 2 is 1.80 bits per heavy atom. The van der Waals surface area contributed by atoms with Crippen LogP contribution in [0.2, 0.25) is 0 Å². The predicted molar refractivity (Wildman–Crippen MR) is 112 cm³/mol. The molecule has 0 bridgehead atoms. The highest BCUT2D eigenvalue weighted by molar-refractivity contribution is 5.92. The van der Waals surface area contributed by atoms with Crippen molar-refractivity contribution < 1.29 is 19.0 Å². The summed E-state index contributed by atoms with van der Waals surface area (Å²) in [5.74, 6) is -0.184. The number of hydrogen-bond donors (Lipinski definition) is 1. The minimum absolute atomic E-state index is 0.00672. The summed E-state index contributed by atoms with van der Waals surface area (Å²) in [4.78, 5) is 12.6. The molecule has 1 atom stereocenters. The van der Waals surface area contributed by atoms with Gasteiger partial charge in [-0.1, -0.05) is 42.0 Å². The predicted octanol–water partition coefficient (Wildman–Crippen LogP) is 4.22. The average Bonchev–Trinajstić information content (AvgIpc) is 2.73. The van der Waals surface area contributed by atoms with Crippen molar-refractivity contribution in [3.05, 3.63) is 88.0 Å². The third-order valence-electron chi connectivity index (χ3n) is 4.84. The van der Waals surface area contributed by atoms with E-state index < -0.39 is 11.9 Å². The summed E-state index contributed by atoms with van der Waals surface area (Å²) < 4.78 is 16.5. The second-order valence-corrected chi connectivity index (χ2v) is 6.96. The zero-order valence-corrected chi connectivity index (χ0v) is 17.3. The molecule has 1 aliphatic rings. The van der Waals surface area contributed by atoms with Crippen molar-refractivity contribution in [1.82, 2.24) is 0 Å². The van der Waals surface area contributed by atoms with Gasteiger partial charge in [0.2, 0.25) is 5.88 Å². The Bertz CT molecular complexity index is 1030. The molecule has 0 aliphatic carbocycles. The van der Waals surface area contributed by atoms with Crippen molar-refractivity contribution in [2.75, 3.05) is 6.61 Å². The van der Waals surface area contributed by atoms with Crippen LogP contribution in [0, 0.1) is 18.3 Å². The van der Waals surface area contributed by atoms with Crippen molar-refractivity contribution >= 4 is 5.97 Å². The Morgan fingerprint density at radius 3 is 2.40 bits per heavy atom. The Kier molecular flexibility index (Phi) is 6.43. The number of hydrogen-bond acceptors (Lipinski definition) is 6. The normalized spacial score (nSPS) is 16.0. The molecule has 0 saturated heterocycles. The molecule has 30 heavy (non-hydrogen) atoms. The first-order valence-corrected chi connectivity index (χ1v) is 9.68. The minimum atomic E-state index is -0.658. The van der Waals surface area contributed by atoms with E-state index in [0.717, 1.165) is 11.1 Å². The van der Waals surface area contributed by atoms with E-state index in [1.807, 2.05) is 55.5 Å². The maximum absolute atomic E-state index is 12.6. The van der Waals surface area contributed by atoms with Gasteiger partial charge in [-0.3, -0.25) is 0 Å². The molecule has 0 spiro atoms. The largest absolute Gasteiger partial charge is 0.489 e. The summed E-state index contributed by atoms with van der Waals surface area (Å²) in [6.45, 7) is 6.06. The van der Waals surface area contributed by atoms with Gasteiger partial charge in [0.15, 0.2) is 0 Å².